The Bertz CT molecular complexity index is 903. The van der Waals surface area contributed by atoms with Gasteiger partial charge in [-0.15, -0.1) is 0 Å². The molecule has 1 aromatic carbocycles. The molecule has 1 amide bonds. The molecule has 2 aliphatic heterocycles. The lowest BCUT2D eigenvalue weighted by molar-refractivity contribution is -0.0403. The zero-order chi connectivity index (χ0) is 23.8. The van der Waals surface area contributed by atoms with Gasteiger partial charge >= 0.3 is 6.09 Å². The second-order valence-electron chi connectivity index (χ2n) is 9.94. The standard InChI is InChI=1S/C25H35NO7/c1-24(2,3)33-23(28)26(4)12-11-25-10-6-7-17(27)22(25)32-21-18(29-5)9-8-16(20(21)25)15-19-30-13-14-31-19/h6,8-10,17,19,22,27H,7,11-15H2,1-5H3/t17-,22+,25-/m0/s1. The van der Waals surface area contributed by atoms with Gasteiger partial charge in [-0.3, -0.25) is 0 Å². The lowest BCUT2D eigenvalue weighted by Gasteiger charge is -2.39. The van der Waals surface area contributed by atoms with Crippen molar-refractivity contribution in [3.63, 3.8) is 0 Å². The van der Waals surface area contributed by atoms with E-state index < -0.39 is 23.2 Å². The number of rotatable bonds is 6. The number of benzene rings is 1. The molecule has 33 heavy (non-hydrogen) atoms. The minimum Gasteiger partial charge on any atom is -0.493 e. The predicted molar refractivity (Wildman–Crippen MR) is 122 cm³/mol. The lowest BCUT2D eigenvalue weighted by Crippen LogP contribution is -2.49. The number of aliphatic hydroxyl groups is 1. The first-order valence-corrected chi connectivity index (χ1v) is 11.5. The van der Waals surface area contributed by atoms with Crippen molar-refractivity contribution in [3.05, 3.63) is 35.4 Å². The Labute approximate surface area is 195 Å². The van der Waals surface area contributed by atoms with E-state index in [1.54, 1.807) is 19.1 Å². The molecule has 0 radical (unpaired) electrons. The molecule has 2 heterocycles. The van der Waals surface area contributed by atoms with Crippen LogP contribution in [0.15, 0.2) is 24.3 Å². The molecule has 1 saturated heterocycles. The summed E-state index contributed by atoms with van der Waals surface area (Å²) in [5.41, 5.74) is 0.807. The molecule has 4 rings (SSSR count). The molecule has 1 fully saturated rings. The summed E-state index contributed by atoms with van der Waals surface area (Å²) in [7, 11) is 3.34. The minimum atomic E-state index is -0.675. The van der Waals surface area contributed by atoms with Gasteiger partial charge in [0.25, 0.3) is 0 Å². The molecule has 8 nitrogen and oxygen atoms in total. The van der Waals surface area contributed by atoms with Gasteiger partial charge in [0.1, 0.15) is 11.7 Å². The SMILES string of the molecule is COc1ccc(CC2OCCO2)c2c1O[C@@H]1[C@@H](O)CC=C[C@]21CCN(C)C(=O)OC(C)(C)C. The molecule has 0 unspecified atom stereocenters. The Morgan fingerprint density at radius 2 is 2.00 bits per heavy atom. The number of carbonyl (C=O) groups is 1. The smallest absolute Gasteiger partial charge is 0.410 e. The van der Waals surface area contributed by atoms with Crippen LogP contribution < -0.4 is 9.47 Å². The Morgan fingerprint density at radius 3 is 2.67 bits per heavy atom. The fourth-order valence-electron chi connectivity index (χ4n) is 4.92. The quantitative estimate of drug-likeness (QED) is 0.651. The molecular formula is C25H35NO7. The third-order valence-corrected chi connectivity index (χ3v) is 6.43. The normalized spacial score (nSPS) is 26.5. The van der Waals surface area contributed by atoms with E-state index in [0.717, 1.165) is 11.1 Å². The van der Waals surface area contributed by atoms with E-state index in [2.05, 4.69) is 6.08 Å². The number of amides is 1. The highest BCUT2D eigenvalue weighted by atomic mass is 16.7. The van der Waals surface area contributed by atoms with Crippen molar-refractivity contribution in [2.24, 2.45) is 0 Å². The van der Waals surface area contributed by atoms with Crippen molar-refractivity contribution in [1.29, 1.82) is 0 Å². The Hall–Kier alpha value is -2.29. The van der Waals surface area contributed by atoms with Gasteiger partial charge in [0.15, 0.2) is 17.8 Å². The number of hydrogen-bond donors (Lipinski definition) is 1. The lowest BCUT2D eigenvalue weighted by atomic mass is 9.67. The Morgan fingerprint density at radius 1 is 1.27 bits per heavy atom. The third-order valence-electron chi connectivity index (χ3n) is 6.43. The summed E-state index contributed by atoms with van der Waals surface area (Å²) in [5.74, 6) is 1.26. The number of nitrogens with zero attached hydrogens (tertiary/aromatic N) is 1. The summed E-state index contributed by atoms with van der Waals surface area (Å²) < 4.78 is 28.9. The number of aliphatic hydroxyl groups excluding tert-OH is 1. The highest BCUT2D eigenvalue weighted by Crippen LogP contribution is 2.55. The van der Waals surface area contributed by atoms with Crippen molar-refractivity contribution < 1.29 is 33.6 Å². The molecule has 0 bridgehead atoms. The number of ether oxygens (including phenoxy) is 5. The van der Waals surface area contributed by atoms with Crippen LogP contribution in [0.5, 0.6) is 11.5 Å². The van der Waals surface area contributed by atoms with Crippen LogP contribution in [0, 0.1) is 0 Å². The molecule has 0 spiro atoms. The van der Waals surface area contributed by atoms with Gasteiger partial charge in [0.2, 0.25) is 0 Å². The fourth-order valence-corrected chi connectivity index (χ4v) is 4.92. The van der Waals surface area contributed by atoms with Crippen molar-refractivity contribution in [2.75, 3.05) is 33.9 Å². The number of hydrogen-bond acceptors (Lipinski definition) is 7. The Balaban J connectivity index is 1.69. The van der Waals surface area contributed by atoms with Gasteiger partial charge in [-0.05, 0) is 45.2 Å². The first-order chi connectivity index (χ1) is 15.6. The third kappa shape index (κ3) is 4.69. The molecule has 1 aliphatic carbocycles. The molecule has 0 saturated carbocycles. The monoisotopic (exact) mass is 461 g/mol. The summed E-state index contributed by atoms with van der Waals surface area (Å²) in [5, 5.41) is 10.9. The maximum Gasteiger partial charge on any atom is 0.410 e. The molecule has 182 valence electrons. The molecule has 1 aromatic rings. The summed E-state index contributed by atoms with van der Waals surface area (Å²) in [6, 6.07) is 3.90. The minimum absolute atomic E-state index is 0.319. The largest absolute Gasteiger partial charge is 0.493 e. The van der Waals surface area contributed by atoms with Crippen LogP contribution in [-0.4, -0.2) is 74.1 Å². The van der Waals surface area contributed by atoms with Crippen LogP contribution in [0.3, 0.4) is 0 Å². The van der Waals surface area contributed by atoms with E-state index in [9.17, 15) is 9.90 Å². The van der Waals surface area contributed by atoms with Crippen LogP contribution in [0.4, 0.5) is 4.79 Å². The van der Waals surface area contributed by atoms with Crippen molar-refractivity contribution in [2.45, 2.75) is 69.5 Å². The molecule has 1 N–H and O–H groups in total. The first kappa shape index (κ1) is 23.9. The maximum atomic E-state index is 12.6. The van der Waals surface area contributed by atoms with Gasteiger partial charge in [-0.2, -0.15) is 0 Å². The van der Waals surface area contributed by atoms with E-state index in [1.165, 1.54) is 0 Å². The zero-order valence-electron chi connectivity index (χ0n) is 20.1. The van der Waals surface area contributed by atoms with E-state index in [4.69, 9.17) is 23.7 Å². The van der Waals surface area contributed by atoms with E-state index in [1.807, 2.05) is 39.0 Å². The van der Waals surface area contributed by atoms with Crippen molar-refractivity contribution >= 4 is 6.09 Å². The van der Waals surface area contributed by atoms with Gasteiger partial charge in [0, 0.05) is 25.6 Å². The van der Waals surface area contributed by atoms with Gasteiger partial charge in [0.05, 0.1) is 31.8 Å². The van der Waals surface area contributed by atoms with Crippen LogP contribution in [0.1, 0.15) is 44.7 Å². The molecular weight excluding hydrogens is 426 g/mol. The summed E-state index contributed by atoms with van der Waals surface area (Å²) >= 11 is 0. The number of fused-ring (bicyclic) bond motifs is 3. The van der Waals surface area contributed by atoms with Crippen LogP contribution in [0.2, 0.25) is 0 Å². The van der Waals surface area contributed by atoms with E-state index >= 15 is 0 Å². The van der Waals surface area contributed by atoms with Crippen LogP contribution in [-0.2, 0) is 26.0 Å². The molecule has 8 heteroatoms. The first-order valence-electron chi connectivity index (χ1n) is 11.5. The topological polar surface area (TPSA) is 86.7 Å². The second-order valence-corrected chi connectivity index (χ2v) is 9.94. The van der Waals surface area contributed by atoms with Gasteiger partial charge in [-0.25, -0.2) is 4.79 Å². The van der Waals surface area contributed by atoms with Crippen LogP contribution in [0.25, 0.3) is 0 Å². The van der Waals surface area contributed by atoms with Crippen molar-refractivity contribution in [3.8, 4) is 11.5 Å². The summed E-state index contributed by atoms with van der Waals surface area (Å²) in [4.78, 5) is 14.2. The van der Waals surface area contributed by atoms with Crippen LogP contribution >= 0.6 is 0 Å². The second kappa shape index (κ2) is 9.16. The molecule has 0 aromatic heterocycles. The van der Waals surface area contributed by atoms with Gasteiger partial charge < -0.3 is 33.7 Å². The van der Waals surface area contributed by atoms with Crippen molar-refractivity contribution in [1.82, 2.24) is 4.90 Å². The highest BCUT2D eigenvalue weighted by Gasteiger charge is 2.54. The highest BCUT2D eigenvalue weighted by molar-refractivity contribution is 5.68. The average molecular weight is 462 g/mol. The van der Waals surface area contributed by atoms with E-state index in [0.29, 0.717) is 50.5 Å². The maximum absolute atomic E-state index is 12.6. The Kier molecular flexibility index (Phi) is 6.62. The van der Waals surface area contributed by atoms with E-state index in [-0.39, 0.29) is 12.4 Å². The van der Waals surface area contributed by atoms with Gasteiger partial charge in [-0.1, -0.05) is 18.2 Å². The average Bonchev–Trinajstić information content (AvgIpc) is 3.38. The fraction of sp³-hybridized carbons (Fsp3) is 0.640. The summed E-state index contributed by atoms with van der Waals surface area (Å²) in [6.07, 6.45) is 3.90. The molecule has 3 atom stereocenters. The zero-order valence-corrected chi connectivity index (χ0v) is 20.1. The predicted octanol–water partition coefficient (Wildman–Crippen LogP) is 3.19. The number of carbonyl (C=O) groups excluding carboxylic acids is 1. The molecule has 3 aliphatic rings. The summed E-state index contributed by atoms with van der Waals surface area (Å²) in [6.45, 7) is 7.12. The number of methoxy groups -OCH3 is 1.